The molecule has 1 rings (SSSR count). The van der Waals surface area contributed by atoms with Crippen molar-refractivity contribution < 1.29 is 10.2 Å². The van der Waals surface area contributed by atoms with Gasteiger partial charge in [0.15, 0.2) is 6.21 Å². The van der Waals surface area contributed by atoms with Crippen molar-refractivity contribution in [2.45, 2.75) is 0 Å². The van der Waals surface area contributed by atoms with E-state index in [1.807, 2.05) is 0 Å². The van der Waals surface area contributed by atoms with Gasteiger partial charge in [-0.2, -0.15) is 0 Å². The molecule has 0 fully saturated rings. The molecule has 0 atom stereocenters. The third-order valence-electron chi connectivity index (χ3n) is 1.72. The van der Waals surface area contributed by atoms with Gasteiger partial charge >= 0.3 is 0 Å². The number of phenolic OH excluding ortho intramolecular Hbond substituents is 1. The maximum Gasteiger partial charge on any atom is 0.224 e. The number of nitrogens with one attached hydrogen (secondary N) is 3. The molecule has 0 radical (unpaired) electrons. The number of hydrogen-bond donors (Lipinski definition) is 4. The Labute approximate surface area is 99.7 Å². The van der Waals surface area contributed by atoms with Gasteiger partial charge in [0.05, 0.1) is 0 Å². The van der Waals surface area contributed by atoms with Gasteiger partial charge in [-0.25, -0.2) is 0 Å². The molecule has 0 spiro atoms. The van der Waals surface area contributed by atoms with Crippen LogP contribution < -0.4 is 15.8 Å². The van der Waals surface area contributed by atoms with Crippen molar-refractivity contribution in [2.24, 2.45) is 0 Å². The molecule has 0 saturated carbocycles. The van der Waals surface area contributed by atoms with E-state index in [0.717, 1.165) is 5.56 Å². The van der Waals surface area contributed by atoms with Crippen molar-refractivity contribution in [1.29, 1.82) is 0 Å². The lowest BCUT2D eigenvalue weighted by molar-refractivity contribution is -0.500. The molecule has 4 N–H and O–H groups in total. The van der Waals surface area contributed by atoms with Gasteiger partial charge in [-0.1, -0.05) is 6.08 Å². The lowest BCUT2D eigenvalue weighted by Crippen LogP contribution is -2.82. The van der Waals surface area contributed by atoms with Gasteiger partial charge in [-0.15, -0.1) is 17.1 Å². The van der Waals surface area contributed by atoms with Crippen LogP contribution in [0.4, 0.5) is 0 Å². The third-order valence-corrected chi connectivity index (χ3v) is 1.97. The van der Waals surface area contributed by atoms with Crippen LogP contribution in [-0.4, -0.2) is 23.0 Å². The molecular formula is C11H14N3OS+. The Hall–Kier alpha value is -1.88. The zero-order valence-electron chi connectivity index (χ0n) is 8.73. The van der Waals surface area contributed by atoms with Crippen LogP contribution in [0.5, 0.6) is 5.75 Å². The number of hydrazone groups is 1. The first-order valence-electron chi connectivity index (χ1n) is 4.75. The van der Waals surface area contributed by atoms with Crippen molar-refractivity contribution >= 4 is 23.5 Å². The second kappa shape index (κ2) is 6.58. The minimum absolute atomic E-state index is 0.244. The summed E-state index contributed by atoms with van der Waals surface area (Å²) < 4.78 is 0. The van der Waals surface area contributed by atoms with Crippen molar-refractivity contribution in [3.8, 4) is 5.75 Å². The predicted molar refractivity (Wildman–Crippen MR) is 68.2 cm³/mol. The van der Waals surface area contributed by atoms with Crippen LogP contribution in [0, 0.1) is 0 Å². The summed E-state index contributed by atoms with van der Waals surface area (Å²) in [6, 6.07) is 6.79. The summed E-state index contributed by atoms with van der Waals surface area (Å²) in [6.07, 6.45) is 3.46. The van der Waals surface area contributed by atoms with E-state index in [9.17, 15) is 0 Å². The maximum atomic E-state index is 9.08. The van der Waals surface area contributed by atoms with Crippen LogP contribution in [0.15, 0.2) is 36.9 Å². The molecule has 5 heteroatoms. The van der Waals surface area contributed by atoms with Crippen molar-refractivity contribution in [3.05, 3.63) is 42.5 Å². The Balaban J connectivity index is 2.39. The lowest BCUT2D eigenvalue weighted by atomic mass is 10.2. The SMILES string of the molecule is C=CCNC(=S)N/[NH+]=C/c1ccc(O)cc1. The summed E-state index contributed by atoms with van der Waals surface area (Å²) >= 11 is 4.96. The number of phenols is 1. The highest BCUT2D eigenvalue weighted by molar-refractivity contribution is 7.80. The molecule has 0 aromatic heterocycles. The van der Waals surface area contributed by atoms with Crippen LogP contribution in [0.25, 0.3) is 0 Å². The lowest BCUT2D eigenvalue weighted by Gasteiger charge is -1.99. The summed E-state index contributed by atoms with van der Waals surface area (Å²) in [5.74, 6) is 0.244. The average molecular weight is 236 g/mol. The Morgan fingerprint density at radius 1 is 1.44 bits per heavy atom. The van der Waals surface area contributed by atoms with Crippen molar-refractivity contribution in [3.63, 3.8) is 0 Å². The van der Waals surface area contributed by atoms with E-state index >= 15 is 0 Å². The molecule has 1 aromatic carbocycles. The Morgan fingerprint density at radius 3 is 2.75 bits per heavy atom. The number of hydrazine groups is 1. The van der Waals surface area contributed by atoms with Crippen LogP contribution in [-0.2, 0) is 0 Å². The Morgan fingerprint density at radius 2 is 2.12 bits per heavy atom. The number of benzene rings is 1. The fraction of sp³-hybridized carbons (Fsp3) is 0.0909. The Kier molecular flexibility index (Phi) is 5.01. The fourth-order valence-corrected chi connectivity index (χ4v) is 1.11. The monoisotopic (exact) mass is 236 g/mol. The minimum Gasteiger partial charge on any atom is -0.508 e. The third kappa shape index (κ3) is 4.56. The molecular weight excluding hydrogens is 222 g/mol. The number of rotatable bonds is 4. The van der Waals surface area contributed by atoms with E-state index < -0.39 is 0 Å². The smallest absolute Gasteiger partial charge is 0.224 e. The highest BCUT2D eigenvalue weighted by atomic mass is 32.1. The topological polar surface area (TPSA) is 58.3 Å². The van der Waals surface area contributed by atoms with Crippen LogP contribution in [0.2, 0.25) is 0 Å². The van der Waals surface area contributed by atoms with E-state index in [0.29, 0.717) is 11.7 Å². The van der Waals surface area contributed by atoms with E-state index in [2.05, 4.69) is 22.4 Å². The molecule has 4 nitrogen and oxygen atoms in total. The number of hydrogen-bond acceptors (Lipinski definition) is 2. The van der Waals surface area contributed by atoms with Gasteiger partial charge in [0, 0.05) is 12.1 Å². The second-order valence-electron chi connectivity index (χ2n) is 3.00. The first-order valence-corrected chi connectivity index (χ1v) is 5.15. The van der Waals surface area contributed by atoms with Gasteiger partial charge < -0.3 is 10.4 Å². The van der Waals surface area contributed by atoms with E-state index in [1.54, 1.807) is 36.6 Å². The van der Waals surface area contributed by atoms with E-state index in [-0.39, 0.29) is 5.75 Å². The molecule has 0 bridgehead atoms. The summed E-state index contributed by atoms with van der Waals surface area (Å²) in [5, 5.41) is 15.3. The highest BCUT2D eigenvalue weighted by Gasteiger charge is 1.94. The standard InChI is InChI=1S/C11H13N3OS/c1-2-7-12-11(16)14-13-8-9-3-5-10(15)6-4-9/h2-6,8,15H,1,7H2,(H2,12,14,16)/p+1/b13-8+. The number of aromatic hydroxyl groups is 1. The summed E-state index contributed by atoms with van der Waals surface area (Å²) in [4.78, 5) is 0. The van der Waals surface area contributed by atoms with Gasteiger partial charge in [0.25, 0.3) is 0 Å². The molecule has 0 unspecified atom stereocenters. The number of thiocarbonyl (C=S) groups is 1. The van der Waals surface area contributed by atoms with Gasteiger partial charge in [0.2, 0.25) is 5.11 Å². The highest BCUT2D eigenvalue weighted by Crippen LogP contribution is 2.06. The van der Waals surface area contributed by atoms with E-state index in [1.165, 1.54) is 0 Å². The molecule has 0 aliphatic rings. The largest absolute Gasteiger partial charge is 0.508 e. The second-order valence-corrected chi connectivity index (χ2v) is 3.41. The summed E-state index contributed by atoms with van der Waals surface area (Å²) in [5.41, 5.74) is 3.71. The predicted octanol–water partition coefficient (Wildman–Crippen LogP) is -0.543. The van der Waals surface area contributed by atoms with Crippen LogP contribution >= 0.6 is 12.2 Å². The van der Waals surface area contributed by atoms with E-state index in [4.69, 9.17) is 17.3 Å². The molecule has 84 valence electrons. The normalized spacial score (nSPS) is 10.0. The molecule has 0 heterocycles. The van der Waals surface area contributed by atoms with Crippen LogP contribution in [0.1, 0.15) is 5.56 Å². The Bertz CT molecular complexity index is 387. The van der Waals surface area contributed by atoms with Gasteiger partial charge in [-0.3, -0.25) is 0 Å². The molecule has 0 amide bonds. The molecule has 0 aliphatic heterocycles. The molecule has 1 aromatic rings. The first kappa shape index (κ1) is 12.2. The summed E-state index contributed by atoms with van der Waals surface area (Å²) in [6.45, 7) is 4.18. The van der Waals surface area contributed by atoms with Gasteiger partial charge in [-0.05, 0) is 36.5 Å². The minimum atomic E-state index is 0.244. The average Bonchev–Trinajstić information content (AvgIpc) is 2.29. The molecule has 0 aliphatic carbocycles. The quantitative estimate of drug-likeness (QED) is 0.245. The molecule has 0 saturated heterocycles. The van der Waals surface area contributed by atoms with Crippen LogP contribution in [0.3, 0.4) is 0 Å². The van der Waals surface area contributed by atoms with Crippen molar-refractivity contribution in [2.75, 3.05) is 6.54 Å². The zero-order chi connectivity index (χ0) is 11.8. The molecule has 16 heavy (non-hydrogen) atoms. The fourth-order valence-electron chi connectivity index (χ4n) is 0.965. The first-order chi connectivity index (χ1) is 7.72. The zero-order valence-corrected chi connectivity index (χ0v) is 9.55. The van der Waals surface area contributed by atoms with Crippen molar-refractivity contribution in [1.82, 2.24) is 10.7 Å². The van der Waals surface area contributed by atoms with Gasteiger partial charge in [0.1, 0.15) is 5.75 Å². The summed E-state index contributed by atoms with van der Waals surface area (Å²) in [7, 11) is 0. The maximum absolute atomic E-state index is 9.08.